The van der Waals surface area contributed by atoms with Gasteiger partial charge < -0.3 is 0 Å². The van der Waals surface area contributed by atoms with Crippen molar-refractivity contribution in [3.8, 4) is 0 Å². The number of halogens is 2. The van der Waals surface area contributed by atoms with Crippen LogP contribution in [-0.4, -0.2) is 0 Å². The molecule has 0 bridgehead atoms. The van der Waals surface area contributed by atoms with Crippen molar-refractivity contribution in [1.82, 2.24) is 0 Å². The summed E-state index contributed by atoms with van der Waals surface area (Å²) in [4.78, 5) is 0. The van der Waals surface area contributed by atoms with E-state index in [9.17, 15) is 0 Å². The SMILES string of the molecule is Cc1cccc2ccccc12.[Br][Os][Br]. The fourth-order valence-electron chi connectivity index (χ4n) is 1.39. The van der Waals surface area contributed by atoms with Crippen molar-refractivity contribution >= 4 is 37.9 Å². The van der Waals surface area contributed by atoms with Gasteiger partial charge in [-0.1, -0.05) is 42.5 Å². The third-order valence-corrected chi connectivity index (χ3v) is 2.01. The topological polar surface area (TPSA) is 0 Å². The van der Waals surface area contributed by atoms with Gasteiger partial charge >= 0.3 is 40.6 Å². The monoisotopic (exact) mass is 492 g/mol. The fraction of sp³-hybridized carbons (Fsp3) is 0.0909. The quantitative estimate of drug-likeness (QED) is 0.494. The van der Waals surface area contributed by atoms with Crippen molar-refractivity contribution < 1.29 is 13.5 Å². The minimum atomic E-state index is 0.0417. The first-order chi connectivity index (χ1) is 6.79. The van der Waals surface area contributed by atoms with E-state index >= 15 is 0 Å². The zero-order chi connectivity index (χ0) is 10.4. The van der Waals surface area contributed by atoms with Crippen LogP contribution in [0.15, 0.2) is 42.5 Å². The van der Waals surface area contributed by atoms with E-state index in [1.54, 1.807) is 0 Å². The summed E-state index contributed by atoms with van der Waals surface area (Å²) in [5.74, 6) is 0. The molecule has 0 aliphatic carbocycles. The van der Waals surface area contributed by atoms with Crippen LogP contribution in [0.1, 0.15) is 5.56 Å². The molecular formula is C11H10Br2Os. The molecule has 0 radical (unpaired) electrons. The van der Waals surface area contributed by atoms with Crippen molar-refractivity contribution in [3.05, 3.63) is 48.0 Å². The first-order valence-corrected chi connectivity index (χ1v) is 15.2. The molecule has 0 atom stereocenters. The Morgan fingerprint density at radius 1 is 0.929 bits per heavy atom. The number of hydrogen-bond acceptors (Lipinski definition) is 0. The summed E-state index contributed by atoms with van der Waals surface area (Å²) >= 11 is 6.44. The zero-order valence-electron chi connectivity index (χ0n) is 7.65. The van der Waals surface area contributed by atoms with E-state index in [1.165, 1.54) is 16.3 Å². The van der Waals surface area contributed by atoms with Crippen molar-refractivity contribution in [2.45, 2.75) is 6.92 Å². The standard InChI is InChI=1S/C11H10.2BrH.Os/c1-9-5-4-7-10-6-2-3-8-11(9)10;;;/h2-8H,1H3;2*1H;/q;;;+2/p-2. The molecule has 0 aromatic heterocycles. The molecule has 0 spiro atoms. The Balaban J connectivity index is 0.000000293. The summed E-state index contributed by atoms with van der Waals surface area (Å²) in [7, 11) is 0. The average molecular weight is 492 g/mol. The molecule has 2 rings (SSSR count). The molecule has 0 nitrogen and oxygen atoms in total. The molecule has 0 saturated heterocycles. The Morgan fingerprint density at radius 3 is 2.14 bits per heavy atom. The molecule has 0 aliphatic heterocycles. The van der Waals surface area contributed by atoms with E-state index in [2.05, 4.69) is 76.5 Å². The third kappa shape index (κ3) is 3.46. The molecule has 3 heteroatoms. The summed E-state index contributed by atoms with van der Waals surface area (Å²) in [6, 6.07) is 14.8. The van der Waals surface area contributed by atoms with Crippen molar-refractivity contribution in [2.24, 2.45) is 0 Å². The van der Waals surface area contributed by atoms with Gasteiger partial charge in [-0.25, -0.2) is 0 Å². The van der Waals surface area contributed by atoms with Gasteiger partial charge in [0.1, 0.15) is 0 Å². The van der Waals surface area contributed by atoms with Gasteiger partial charge in [0.15, 0.2) is 0 Å². The Hall–Kier alpha value is 0.296. The van der Waals surface area contributed by atoms with Gasteiger partial charge in [0, 0.05) is 0 Å². The normalized spacial score (nSPS) is 9.64. The second-order valence-corrected chi connectivity index (χ2v) is 14.0. The Bertz CT molecular complexity index is 396. The van der Waals surface area contributed by atoms with E-state index < -0.39 is 0 Å². The third-order valence-electron chi connectivity index (χ3n) is 2.01. The second-order valence-electron chi connectivity index (χ2n) is 2.85. The fourth-order valence-corrected chi connectivity index (χ4v) is 1.39. The number of fused-ring (bicyclic) bond motifs is 1. The molecular weight excluding hydrogens is 482 g/mol. The Kier molecular flexibility index (Phi) is 5.94. The van der Waals surface area contributed by atoms with Crippen LogP contribution in [0.4, 0.5) is 0 Å². The van der Waals surface area contributed by atoms with E-state index in [1.807, 2.05) is 0 Å². The van der Waals surface area contributed by atoms with Crippen LogP contribution in [0.25, 0.3) is 10.8 Å². The van der Waals surface area contributed by atoms with Crippen molar-refractivity contribution in [3.63, 3.8) is 0 Å². The maximum atomic E-state index is 3.20. The molecule has 0 aliphatic rings. The van der Waals surface area contributed by atoms with Gasteiger partial charge in [0.25, 0.3) is 0 Å². The molecule has 76 valence electrons. The molecule has 0 amide bonds. The molecule has 2 aromatic rings. The number of rotatable bonds is 0. The number of hydrogen-bond donors (Lipinski definition) is 0. The van der Waals surface area contributed by atoms with Gasteiger partial charge in [0.05, 0.1) is 0 Å². The average Bonchev–Trinajstić information content (AvgIpc) is 2.20. The van der Waals surface area contributed by atoms with Crippen LogP contribution >= 0.6 is 27.1 Å². The first-order valence-electron chi connectivity index (χ1n) is 4.09. The molecule has 2 aromatic carbocycles. The summed E-state index contributed by atoms with van der Waals surface area (Å²) in [6.45, 7) is 2.14. The predicted molar refractivity (Wildman–Crippen MR) is 66.5 cm³/mol. The molecule has 0 unspecified atom stereocenters. The summed E-state index contributed by atoms with van der Waals surface area (Å²) in [5, 5.41) is 2.68. The van der Waals surface area contributed by atoms with Crippen LogP contribution < -0.4 is 0 Å². The van der Waals surface area contributed by atoms with E-state index in [-0.39, 0.29) is 13.5 Å². The first kappa shape index (κ1) is 12.4. The summed E-state index contributed by atoms with van der Waals surface area (Å²) in [6.07, 6.45) is 0. The van der Waals surface area contributed by atoms with E-state index in [4.69, 9.17) is 0 Å². The summed E-state index contributed by atoms with van der Waals surface area (Å²) < 4.78 is 0. The zero-order valence-corrected chi connectivity index (χ0v) is 13.4. The van der Waals surface area contributed by atoms with Gasteiger partial charge in [0.2, 0.25) is 0 Å². The van der Waals surface area contributed by atoms with E-state index in [0.717, 1.165) is 0 Å². The number of benzene rings is 2. The Labute approximate surface area is 105 Å². The predicted octanol–water partition coefficient (Wildman–Crippen LogP) is 4.84. The van der Waals surface area contributed by atoms with Crippen molar-refractivity contribution in [2.75, 3.05) is 0 Å². The second kappa shape index (κ2) is 6.72. The van der Waals surface area contributed by atoms with Gasteiger partial charge in [-0.15, -0.1) is 0 Å². The maximum absolute atomic E-state index is 3.20. The molecule has 0 fully saturated rings. The molecule has 14 heavy (non-hydrogen) atoms. The molecule has 0 heterocycles. The van der Waals surface area contributed by atoms with Crippen LogP contribution in [0, 0.1) is 6.92 Å². The van der Waals surface area contributed by atoms with Crippen LogP contribution in [0.2, 0.25) is 0 Å². The van der Waals surface area contributed by atoms with Gasteiger partial charge in [-0.3, -0.25) is 0 Å². The molecule has 0 N–H and O–H groups in total. The minimum absolute atomic E-state index is 0.0417. The van der Waals surface area contributed by atoms with Crippen LogP contribution in [0.3, 0.4) is 0 Å². The number of aryl methyl sites for hydroxylation is 1. The van der Waals surface area contributed by atoms with Gasteiger partial charge in [-0.05, 0) is 23.3 Å². The Morgan fingerprint density at radius 2 is 1.50 bits per heavy atom. The van der Waals surface area contributed by atoms with Gasteiger partial charge in [-0.2, -0.15) is 0 Å². The van der Waals surface area contributed by atoms with E-state index in [0.29, 0.717) is 0 Å². The molecule has 0 saturated carbocycles. The summed E-state index contributed by atoms with van der Waals surface area (Å²) in [5.41, 5.74) is 1.35. The van der Waals surface area contributed by atoms with Crippen molar-refractivity contribution in [1.29, 1.82) is 0 Å². The van der Waals surface area contributed by atoms with Crippen LogP contribution in [0.5, 0.6) is 0 Å². The van der Waals surface area contributed by atoms with Crippen LogP contribution in [-0.2, 0) is 13.5 Å².